The SMILES string of the molecule is Cc1ccc(NC(=S)NNC(=O)CCN2C[C@H](C)O[C@@H](C)C2)cc1F. The number of halogens is 1. The molecule has 1 amide bonds. The van der Waals surface area contributed by atoms with Gasteiger partial charge in [-0.15, -0.1) is 0 Å². The molecule has 1 aliphatic rings. The molecule has 1 fully saturated rings. The van der Waals surface area contributed by atoms with Crippen molar-refractivity contribution < 1.29 is 13.9 Å². The molecule has 8 heteroatoms. The Kier molecular flexibility index (Phi) is 7.10. The number of ether oxygens (including phenoxy) is 1. The molecule has 1 saturated heterocycles. The summed E-state index contributed by atoms with van der Waals surface area (Å²) >= 11 is 5.08. The molecular weight excluding hydrogens is 343 g/mol. The zero-order chi connectivity index (χ0) is 18.4. The van der Waals surface area contributed by atoms with Crippen LogP contribution in [0.5, 0.6) is 0 Å². The van der Waals surface area contributed by atoms with Gasteiger partial charge in [-0.1, -0.05) is 6.07 Å². The smallest absolute Gasteiger partial charge is 0.239 e. The van der Waals surface area contributed by atoms with E-state index in [1.165, 1.54) is 6.07 Å². The van der Waals surface area contributed by atoms with E-state index in [1.54, 1.807) is 19.1 Å². The van der Waals surface area contributed by atoms with E-state index in [9.17, 15) is 9.18 Å². The van der Waals surface area contributed by atoms with Crippen molar-refractivity contribution in [1.29, 1.82) is 0 Å². The number of carbonyl (C=O) groups excluding carboxylic acids is 1. The summed E-state index contributed by atoms with van der Waals surface area (Å²) < 4.78 is 19.2. The Bertz CT molecular complexity index is 619. The van der Waals surface area contributed by atoms with Crippen LogP contribution in [0.25, 0.3) is 0 Å². The molecule has 3 N–H and O–H groups in total. The first kappa shape index (κ1) is 19.6. The largest absolute Gasteiger partial charge is 0.373 e. The standard InChI is InChI=1S/C17H25FN4O2S/c1-11-4-5-14(8-15(11)18)19-17(25)21-20-16(23)6-7-22-9-12(2)24-13(3)10-22/h4-5,8,12-13H,6-7,9-10H2,1-3H3,(H,20,23)(H2,19,21,25)/t12-,13-/m0/s1. The number of nitrogens with zero attached hydrogens (tertiary/aromatic N) is 1. The van der Waals surface area contributed by atoms with Gasteiger partial charge in [-0.2, -0.15) is 0 Å². The lowest BCUT2D eigenvalue weighted by molar-refractivity contribution is -0.123. The van der Waals surface area contributed by atoms with Gasteiger partial charge < -0.3 is 10.1 Å². The van der Waals surface area contributed by atoms with Crippen molar-refractivity contribution in [3.8, 4) is 0 Å². The van der Waals surface area contributed by atoms with E-state index in [4.69, 9.17) is 17.0 Å². The second-order valence-electron chi connectivity index (χ2n) is 6.36. The van der Waals surface area contributed by atoms with Crippen LogP contribution in [0.4, 0.5) is 10.1 Å². The quantitative estimate of drug-likeness (QED) is 0.558. The summed E-state index contributed by atoms with van der Waals surface area (Å²) in [4.78, 5) is 14.1. The molecule has 1 aliphatic heterocycles. The zero-order valence-corrected chi connectivity index (χ0v) is 15.6. The highest BCUT2D eigenvalue weighted by atomic mass is 32.1. The molecular formula is C17H25FN4O2S. The van der Waals surface area contributed by atoms with Crippen LogP contribution in [0.2, 0.25) is 0 Å². The van der Waals surface area contributed by atoms with Gasteiger partial charge in [0.25, 0.3) is 0 Å². The fourth-order valence-corrected chi connectivity index (χ4v) is 2.92. The molecule has 1 heterocycles. The Labute approximate surface area is 153 Å². The number of aryl methyl sites for hydroxylation is 1. The van der Waals surface area contributed by atoms with Gasteiger partial charge >= 0.3 is 0 Å². The summed E-state index contributed by atoms with van der Waals surface area (Å²) in [5.74, 6) is -0.475. The number of benzene rings is 1. The average Bonchev–Trinajstić information content (AvgIpc) is 2.53. The third-order valence-corrected chi connectivity index (χ3v) is 4.10. The van der Waals surface area contributed by atoms with E-state index in [1.807, 2.05) is 13.8 Å². The number of carbonyl (C=O) groups is 1. The lowest BCUT2D eigenvalue weighted by Gasteiger charge is -2.35. The minimum Gasteiger partial charge on any atom is -0.373 e. The molecule has 0 aliphatic carbocycles. The average molecular weight is 368 g/mol. The molecule has 0 radical (unpaired) electrons. The van der Waals surface area contributed by atoms with Gasteiger partial charge in [0.15, 0.2) is 5.11 Å². The van der Waals surface area contributed by atoms with E-state index in [0.717, 1.165) is 13.1 Å². The Morgan fingerprint density at radius 1 is 1.32 bits per heavy atom. The normalized spacial score (nSPS) is 20.8. The lowest BCUT2D eigenvalue weighted by Crippen LogP contribution is -2.48. The van der Waals surface area contributed by atoms with Gasteiger partial charge in [0.2, 0.25) is 5.91 Å². The summed E-state index contributed by atoms with van der Waals surface area (Å²) in [7, 11) is 0. The van der Waals surface area contributed by atoms with Crippen molar-refractivity contribution in [3.05, 3.63) is 29.6 Å². The monoisotopic (exact) mass is 368 g/mol. The maximum Gasteiger partial charge on any atom is 0.239 e. The maximum absolute atomic E-state index is 13.5. The predicted octanol–water partition coefficient (Wildman–Crippen LogP) is 1.95. The molecule has 6 nitrogen and oxygen atoms in total. The number of rotatable bonds is 4. The van der Waals surface area contributed by atoms with Gasteiger partial charge in [0, 0.05) is 31.7 Å². The van der Waals surface area contributed by atoms with E-state index in [0.29, 0.717) is 24.2 Å². The van der Waals surface area contributed by atoms with Crippen LogP contribution in [-0.4, -0.2) is 47.8 Å². The number of nitrogens with one attached hydrogen (secondary N) is 3. The summed E-state index contributed by atoms with van der Waals surface area (Å²) in [5.41, 5.74) is 6.25. The lowest BCUT2D eigenvalue weighted by atomic mass is 10.2. The minimum absolute atomic E-state index is 0.161. The molecule has 0 bridgehead atoms. The summed E-state index contributed by atoms with van der Waals surface area (Å²) in [6, 6.07) is 4.73. The second-order valence-corrected chi connectivity index (χ2v) is 6.77. The van der Waals surface area contributed by atoms with Gasteiger partial charge in [-0.25, -0.2) is 4.39 Å². The van der Waals surface area contributed by atoms with Crippen molar-refractivity contribution in [2.45, 2.75) is 39.4 Å². The van der Waals surface area contributed by atoms with Crippen LogP contribution in [-0.2, 0) is 9.53 Å². The number of hydrogen-bond donors (Lipinski definition) is 3. The topological polar surface area (TPSA) is 65.6 Å². The van der Waals surface area contributed by atoms with Crippen LogP contribution >= 0.6 is 12.2 Å². The number of morpholine rings is 1. The highest BCUT2D eigenvalue weighted by Crippen LogP contribution is 2.13. The summed E-state index contributed by atoms with van der Waals surface area (Å²) in [6.45, 7) is 8.05. The van der Waals surface area contributed by atoms with Gasteiger partial charge in [0.05, 0.1) is 12.2 Å². The van der Waals surface area contributed by atoms with Crippen LogP contribution < -0.4 is 16.2 Å². The molecule has 25 heavy (non-hydrogen) atoms. The van der Waals surface area contributed by atoms with Crippen LogP contribution in [0, 0.1) is 12.7 Å². The van der Waals surface area contributed by atoms with E-state index in [2.05, 4.69) is 21.1 Å². The molecule has 1 aromatic carbocycles. The third kappa shape index (κ3) is 6.56. The van der Waals surface area contributed by atoms with Crippen molar-refractivity contribution in [2.24, 2.45) is 0 Å². The highest BCUT2D eigenvalue weighted by molar-refractivity contribution is 7.80. The number of anilines is 1. The Morgan fingerprint density at radius 3 is 2.64 bits per heavy atom. The first-order valence-electron chi connectivity index (χ1n) is 8.33. The van der Waals surface area contributed by atoms with Gasteiger partial charge in [-0.3, -0.25) is 20.5 Å². The Balaban J connectivity index is 1.68. The number of amides is 1. The first-order chi connectivity index (χ1) is 11.8. The molecule has 2 atom stereocenters. The highest BCUT2D eigenvalue weighted by Gasteiger charge is 2.22. The molecule has 138 valence electrons. The van der Waals surface area contributed by atoms with Crippen molar-refractivity contribution >= 4 is 28.9 Å². The van der Waals surface area contributed by atoms with Crippen LogP contribution in [0.15, 0.2) is 18.2 Å². The predicted molar refractivity (Wildman–Crippen MR) is 99.7 cm³/mol. The van der Waals surface area contributed by atoms with Crippen molar-refractivity contribution in [1.82, 2.24) is 15.8 Å². The summed E-state index contributed by atoms with van der Waals surface area (Å²) in [6.07, 6.45) is 0.710. The van der Waals surface area contributed by atoms with E-state index < -0.39 is 0 Å². The third-order valence-electron chi connectivity index (χ3n) is 3.90. The molecule has 0 aromatic heterocycles. The molecule has 0 saturated carbocycles. The Hall–Kier alpha value is -1.77. The number of hydrogen-bond acceptors (Lipinski definition) is 4. The number of thiocarbonyl (C=S) groups is 1. The number of hydrazine groups is 1. The van der Waals surface area contributed by atoms with Gasteiger partial charge in [-0.05, 0) is 50.7 Å². The maximum atomic E-state index is 13.5. The molecule has 0 spiro atoms. The van der Waals surface area contributed by atoms with E-state index in [-0.39, 0.29) is 29.0 Å². The van der Waals surface area contributed by atoms with Crippen LogP contribution in [0.3, 0.4) is 0 Å². The van der Waals surface area contributed by atoms with Gasteiger partial charge in [0.1, 0.15) is 5.82 Å². The van der Waals surface area contributed by atoms with E-state index >= 15 is 0 Å². The molecule has 1 aromatic rings. The fourth-order valence-electron chi connectivity index (χ4n) is 2.75. The Morgan fingerprint density at radius 2 is 2.00 bits per heavy atom. The van der Waals surface area contributed by atoms with Crippen LogP contribution in [0.1, 0.15) is 25.8 Å². The minimum atomic E-state index is -0.314. The first-order valence-corrected chi connectivity index (χ1v) is 8.74. The summed E-state index contributed by atoms with van der Waals surface area (Å²) in [5, 5.41) is 3.02. The van der Waals surface area contributed by atoms with Crippen molar-refractivity contribution in [2.75, 3.05) is 25.0 Å². The van der Waals surface area contributed by atoms with Crippen molar-refractivity contribution in [3.63, 3.8) is 0 Å². The molecule has 0 unspecified atom stereocenters. The molecule has 2 rings (SSSR count). The fraction of sp³-hybridized carbons (Fsp3) is 0.529. The second kappa shape index (κ2) is 9.07. The zero-order valence-electron chi connectivity index (χ0n) is 14.8.